The summed E-state index contributed by atoms with van der Waals surface area (Å²) in [5, 5.41) is 3.11. The van der Waals surface area contributed by atoms with Gasteiger partial charge in [0.2, 0.25) is 5.91 Å². The van der Waals surface area contributed by atoms with Crippen molar-refractivity contribution in [2.45, 2.75) is 31.8 Å². The Kier molecular flexibility index (Phi) is 5.71. The summed E-state index contributed by atoms with van der Waals surface area (Å²) in [4.78, 5) is 14.8. The molecule has 4 heteroatoms. The quantitative estimate of drug-likeness (QED) is 0.873. The number of carbonyl (C=O) groups is 1. The molecule has 0 bridgehead atoms. The molecule has 1 saturated heterocycles. The van der Waals surface area contributed by atoms with Gasteiger partial charge in [0.25, 0.3) is 0 Å². The van der Waals surface area contributed by atoms with Crippen LogP contribution in [-0.2, 0) is 4.79 Å². The predicted octanol–water partition coefficient (Wildman–Crippen LogP) is 3.71. The second-order valence-corrected chi connectivity index (χ2v) is 6.60. The third kappa shape index (κ3) is 4.40. The number of methoxy groups -OCH3 is 1. The molecule has 3 rings (SSSR count). The highest BCUT2D eigenvalue weighted by molar-refractivity contribution is 5.78. The average molecular weight is 338 g/mol. The molecular weight excluding hydrogens is 312 g/mol. The van der Waals surface area contributed by atoms with Crippen LogP contribution in [0.3, 0.4) is 0 Å². The van der Waals surface area contributed by atoms with E-state index in [1.54, 1.807) is 7.11 Å². The fraction of sp³-hybridized carbons (Fsp3) is 0.381. The lowest BCUT2D eigenvalue weighted by Crippen LogP contribution is -2.38. The molecule has 2 aromatic rings. The van der Waals surface area contributed by atoms with Gasteiger partial charge in [-0.05, 0) is 49.6 Å². The Balaban J connectivity index is 1.59. The van der Waals surface area contributed by atoms with Crippen molar-refractivity contribution in [3.63, 3.8) is 0 Å². The minimum atomic E-state index is 0.0238. The van der Waals surface area contributed by atoms with Crippen LogP contribution in [-0.4, -0.2) is 31.0 Å². The molecule has 0 aliphatic carbocycles. The van der Waals surface area contributed by atoms with Gasteiger partial charge in [-0.2, -0.15) is 0 Å². The van der Waals surface area contributed by atoms with E-state index in [4.69, 9.17) is 4.74 Å². The van der Waals surface area contributed by atoms with Crippen molar-refractivity contribution in [3.05, 3.63) is 65.7 Å². The molecule has 0 saturated carbocycles. The first-order chi connectivity index (χ1) is 12.2. The molecule has 1 aliphatic rings. The maximum absolute atomic E-state index is 12.5. The maximum Gasteiger partial charge on any atom is 0.234 e. The fourth-order valence-electron chi connectivity index (χ4n) is 3.52. The smallest absolute Gasteiger partial charge is 0.234 e. The van der Waals surface area contributed by atoms with E-state index in [2.05, 4.69) is 22.3 Å². The molecule has 1 N–H and O–H groups in total. The van der Waals surface area contributed by atoms with E-state index >= 15 is 0 Å². The number of likely N-dealkylation sites (tertiary alicyclic amines) is 1. The van der Waals surface area contributed by atoms with Gasteiger partial charge in [0.1, 0.15) is 5.75 Å². The highest BCUT2D eigenvalue weighted by Gasteiger charge is 2.27. The highest BCUT2D eigenvalue weighted by Crippen LogP contribution is 2.32. The number of nitrogens with one attached hydrogen (secondary N) is 1. The average Bonchev–Trinajstić information content (AvgIpc) is 3.10. The van der Waals surface area contributed by atoms with Crippen molar-refractivity contribution in [2.24, 2.45) is 0 Å². The first kappa shape index (κ1) is 17.5. The Morgan fingerprint density at radius 2 is 1.92 bits per heavy atom. The van der Waals surface area contributed by atoms with Gasteiger partial charge >= 0.3 is 0 Å². The molecule has 0 unspecified atom stereocenters. The third-order valence-corrected chi connectivity index (χ3v) is 4.89. The zero-order valence-electron chi connectivity index (χ0n) is 14.9. The SMILES string of the molecule is COc1ccc([C@H]2CCCN2CC(=O)N[C@H](C)c2ccccc2)cc1. The monoisotopic (exact) mass is 338 g/mol. The largest absolute Gasteiger partial charge is 0.497 e. The van der Waals surface area contributed by atoms with E-state index in [0.29, 0.717) is 12.6 Å². The van der Waals surface area contributed by atoms with Crippen LogP contribution in [0, 0.1) is 0 Å². The number of ether oxygens (including phenoxy) is 1. The summed E-state index contributed by atoms with van der Waals surface area (Å²) in [6.07, 6.45) is 2.21. The van der Waals surface area contributed by atoms with Gasteiger partial charge in [-0.15, -0.1) is 0 Å². The summed E-state index contributed by atoms with van der Waals surface area (Å²) >= 11 is 0. The highest BCUT2D eigenvalue weighted by atomic mass is 16.5. The summed E-state index contributed by atoms with van der Waals surface area (Å²) in [7, 11) is 1.68. The zero-order chi connectivity index (χ0) is 17.6. The van der Waals surface area contributed by atoms with E-state index in [0.717, 1.165) is 30.7 Å². The predicted molar refractivity (Wildman–Crippen MR) is 99.5 cm³/mol. The van der Waals surface area contributed by atoms with Crippen molar-refractivity contribution in [1.29, 1.82) is 0 Å². The van der Waals surface area contributed by atoms with Gasteiger partial charge in [-0.1, -0.05) is 42.5 Å². The van der Waals surface area contributed by atoms with E-state index in [1.807, 2.05) is 49.4 Å². The van der Waals surface area contributed by atoms with Crippen LogP contribution in [0.5, 0.6) is 5.75 Å². The third-order valence-electron chi connectivity index (χ3n) is 4.89. The van der Waals surface area contributed by atoms with Gasteiger partial charge in [-0.3, -0.25) is 9.69 Å². The minimum Gasteiger partial charge on any atom is -0.497 e. The Morgan fingerprint density at radius 1 is 1.20 bits per heavy atom. The van der Waals surface area contributed by atoms with Crippen LogP contribution in [0.15, 0.2) is 54.6 Å². The molecule has 1 aliphatic heterocycles. The lowest BCUT2D eigenvalue weighted by Gasteiger charge is -2.25. The minimum absolute atomic E-state index is 0.0238. The maximum atomic E-state index is 12.5. The summed E-state index contributed by atoms with van der Waals surface area (Å²) in [5.74, 6) is 0.944. The van der Waals surface area contributed by atoms with Gasteiger partial charge in [0.15, 0.2) is 0 Å². The molecule has 1 amide bonds. The number of hydrogen-bond acceptors (Lipinski definition) is 3. The van der Waals surface area contributed by atoms with E-state index in [-0.39, 0.29) is 11.9 Å². The van der Waals surface area contributed by atoms with Crippen molar-refractivity contribution >= 4 is 5.91 Å². The molecule has 25 heavy (non-hydrogen) atoms. The van der Waals surface area contributed by atoms with Crippen molar-refractivity contribution in [3.8, 4) is 5.75 Å². The lowest BCUT2D eigenvalue weighted by atomic mass is 10.0. The summed E-state index contributed by atoms with van der Waals surface area (Å²) in [5.41, 5.74) is 2.38. The van der Waals surface area contributed by atoms with Crippen LogP contribution in [0.25, 0.3) is 0 Å². The van der Waals surface area contributed by atoms with Crippen LogP contribution in [0.4, 0.5) is 0 Å². The summed E-state index contributed by atoms with van der Waals surface area (Å²) < 4.78 is 5.23. The Labute approximate surface area is 149 Å². The fourth-order valence-corrected chi connectivity index (χ4v) is 3.52. The van der Waals surface area contributed by atoms with E-state index in [9.17, 15) is 4.79 Å². The molecule has 0 aromatic heterocycles. The first-order valence-electron chi connectivity index (χ1n) is 8.89. The number of hydrogen-bond donors (Lipinski definition) is 1. The molecule has 1 fully saturated rings. The Morgan fingerprint density at radius 3 is 2.60 bits per heavy atom. The van der Waals surface area contributed by atoms with E-state index < -0.39 is 0 Å². The summed E-state index contributed by atoms with van der Waals surface area (Å²) in [6.45, 7) is 3.43. The molecule has 132 valence electrons. The zero-order valence-corrected chi connectivity index (χ0v) is 14.9. The Bertz CT molecular complexity index is 685. The first-order valence-corrected chi connectivity index (χ1v) is 8.89. The van der Waals surface area contributed by atoms with Crippen LogP contribution >= 0.6 is 0 Å². The molecular formula is C21H26N2O2. The standard InChI is InChI=1S/C21H26N2O2/c1-16(17-7-4-3-5-8-17)22-21(24)15-23-14-6-9-20(23)18-10-12-19(25-2)13-11-18/h3-5,7-8,10-13,16,20H,6,9,14-15H2,1-2H3,(H,22,24)/t16-,20-/m1/s1. The van der Waals surface area contributed by atoms with Gasteiger partial charge in [0, 0.05) is 6.04 Å². The van der Waals surface area contributed by atoms with Crippen LogP contribution in [0.2, 0.25) is 0 Å². The van der Waals surface area contributed by atoms with Crippen molar-refractivity contribution in [1.82, 2.24) is 10.2 Å². The van der Waals surface area contributed by atoms with Gasteiger partial charge < -0.3 is 10.1 Å². The second-order valence-electron chi connectivity index (χ2n) is 6.60. The molecule has 4 nitrogen and oxygen atoms in total. The topological polar surface area (TPSA) is 41.6 Å². The number of rotatable bonds is 6. The van der Waals surface area contributed by atoms with Crippen molar-refractivity contribution in [2.75, 3.05) is 20.2 Å². The van der Waals surface area contributed by atoms with E-state index in [1.165, 1.54) is 5.56 Å². The Hall–Kier alpha value is -2.33. The molecule has 1 heterocycles. The number of nitrogens with zero attached hydrogens (tertiary/aromatic N) is 1. The molecule has 0 spiro atoms. The van der Waals surface area contributed by atoms with Gasteiger partial charge in [0.05, 0.1) is 19.7 Å². The number of carbonyl (C=O) groups excluding carboxylic acids is 1. The number of benzene rings is 2. The van der Waals surface area contributed by atoms with Gasteiger partial charge in [-0.25, -0.2) is 0 Å². The summed E-state index contributed by atoms with van der Waals surface area (Å²) in [6, 6.07) is 18.6. The molecule has 2 aromatic carbocycles. The number of amides is 1. The normalized spacial score (nSPS) is 18.7. The molecule has 0 radical (unpaired) electrons. The molecule has 2 atom stereocenters. The second kappa shape index (κ2) is 8.17. The van der Waals surface area contributed by atoms with Crippen LogP contribution in [0.1, 0.15) is 43.0 Å². The van der Waals surface area contributed by atoms with Crippen molar-refractivity contribution < 1.29 is 9.53 Å². The van der Waals surface area contributed by atoms with Crippen LogP contribution < -0.4 is 10.1 Å². The lowest BCUT2D eigenvalue weighted by molar-refractivity contribution is -0.123.